The molecule has 0 atom stereocenters. The fraction of sp³-hybridized carbons (Fsp3) is 0.500. The Morgan fingerprint density at radius 3 is 2.12 bits per heavy atom. The van der Waals surface area contributed by atoms with Gasteiger partial charge >= 0.3 is 0 Å². The second-order valence-corrected chi connectivity index (χ2v) is 4.43. The van der Waals surface area contributed by atoms with Crippen molar-refractivity contribution in [1.82, 2.24) is 4.81 Å². The Kier molecular flexibility index (Phi) is 4.48. The van der Waals surface area contributed by atoms with Gasteiger partial charge in [-0.1, -0.05) is 27.7 Å². The maximum atomic E-state index is 13.4. The summed E-state index contributed by atoms with van der Waals surface area (Å²) in [6.45, 7) is 8.09. The van der Waals surface area contributed by atoms with Gasteiger partial charge in [-0.2, -0.15) is 0 Å². The first kappa shape index (κ1) is 13.2. The Labute approximate surface area is 96.7 Å². The van der Waals surface area contributed by atoms with E-state index in [2.05, 4.69) is 0 Å². The topological polar surface area (TPSA) is 3.24 Å². The molecule has 0 amide bonds. The monoisotopic (exact) mass is 224 g/mol. The summed E-state index contributed by atoms with van der Waals surface area (Å²) in [4.78, 5) is 2.00. The van der Waals surface area contributed by atoms with E-state index in [1.807, 2.05) is 32.5 Å². The van der Waals surface area contributed by atoms with E-state index in [-0.39, 0.29) is 12.1 Å². The lowest BCUT2D eigenvalue weighted by molar-refractivity contribution is 0.315. The Balaban J connectivity index is 2.89. The van der Waals surface area contributed by atoms with Gasteiger partial charge in [0.25, 0.3) is 7.41 Å². The molecule has 0 heterocycles. The quantitative estimate of drug-likeness (QED) is 0.709. The van der Waals surface area contributed by atoms with Crippen LogP contribution in [0.3, 0.4) is 0 Å². The average molecular weight is 224 g/mol. The maximum absolute atomic E-state index is 13.4. The van der Waals surface area contributed by atoms with Crippen LogP contribution in [0.1, 0.15) is 27.7 Å². The zero-order chi connectivity index (χ0) is 12.3. The fourth-order valence-corrected chi connectivity index (χ4v) is 1.67. The third-order valence-electron chi connectivity index (χ3n) is 2.44. The van der Waals surface area contributed by atoms with Crippen LogP contribution in [-0.2, 0) is 0 Å². The predicted octanol–water partition coefficient (Wildman–Crippen LogP) is 2.33. The van der Waals surface area contributed by atoms with Gasteiger partial charge in [0.05, 0.1) is 0 Å². The van der Waals surface area contributed by atoms with Crippen molar-refractivity contribution in [2.45, 2.75) is 39.8 Å². The smallest absolute Gasteiger partial charge is 0.252 e. The minimum absolute atomic E-state index is 0.252. The number of hydrogen-bond acceptors (Lipinski definition) is 1. The van der Waals surface area contributed by atoms with Gasteiger partial charge in [-0.05, 0) is 35.7 Å². The minimum atomic E-state index is -0.417. The van der Waals surface area contributed by atoms with Crippen LogP contribution in [-0.4, -0.2) is 24.3 Å². The fourth-order valence-electron chi connectivity index (χ4n) is 1.67. The SMILES string of the molecule is CC(C)N([B]c1cc(F)ccc1F)C(C)C. The molecule has 1 rings (SSSR count). The second kappa shape index (κ2) is 5.44. The second-order valence-electron chi connectivity index (χ2n) is 4.43. The van der Waals surface area contributed by atoms with Crippen LogP contribution < -0.4 is 5.46 Å². The highest BCUT2D eigenvalue weighted by atomic mass is 19.1. The molecule has 1 aromatic rings. The molecule has 0 aliphatic heterocycles. The molecule has 1 aromatic carbocycles. The van der Waals surface area contributed by atoms with Gasteiger partial charge in [0.2, 0.25) is 0 Å². The van der Waals surface area contributed by atoms with Crippen LogP contribution in [0.5, 0.6) is 0 Å². The molecule has 0 bridgehead atoms. The predicted molar refractivity (Wildman–Crippen MR) is 63.9 cm³/mol. The summed E-state index contributed by atoms with van der Waals surface area (Å²) in [6, 6.07) is 4.00. The van der Waals surface area contributed by atoms with Gasteiger partial charge in [-0.3, -0.25) is 0 Å². The van der Waals surface area contributed by atoms with E-state index in [0.29, 0.717) is 5.46 Å². The normalized spacial score (nSPS) is 11.6. The van der Waals surface area contributed by atoms with Crippen molar-refractivity contribution in [3.63, 3.8) is 0 Å². The molecule has 1 nitrogen and oxygen atoms in total. The number of halogens is 2. The average Bonchev–Trinajstić information content (AvgIpc) is 2.18. The minimum Gasteiger partial charge on any atom is -0.338 e. The maximum Gasteiger partial charge on any atom is 0.252 e. The molecule has 0 spiro atoms. The van der Waals surface area contributed by atoms with Crippen molar-refractivity contribution in [1.29, 1.82) is 0 Å². The van der Waals surface area contributed by atoms with Crippen LogP contribution in [0.2, 0.25) is 0 Å². The lowest BCUT2D eigenvalue weighted by Crippen LogP contribution is -2.46. The van der Waals surface area contributed by atoms with Crippen molar-refractivity contribution >= 4 is 12.9 Å². The third-order valence-corrected chi connectivity index (χ3v) is 2.44. The molecule has 16 heavy (non-hydrogen) atoms. The molecule has 0 fully saturated rings. The molecular weight excluding hydrogens is 207 g/mol. The van der Waals surface area contributed by atoms with E-state index in [0.717, 1.165) is 12.1 Å². The third kappa shape index (κ3) is 3.30. The standard InChI is InChI=1S/C12H17BF2N/c1-8(2)16(9(3)4)13-11-7-10(14)5-6-12(11)15/h5-9H,1-4H3. The molecular formula is C12H17BF2N. The first-order chi connectivity index (χ1) is 7.41. The molecule has 0 saturated carbocycles. The Hall–Kier alpha value is -0.895. The number of benzene rings is 1. The number of rotatable bonds is 4. The lowest BCUT2D eigenvalue weighted by Gasteiger charge is -2.30. The summed E-state index contributed by atoms with van der Waals surface area (Å²) in [5.41, 5.74) is 0.294. The van der Waals surface area contributed by atoms with Crippen LogP contribution >= 0.6 is 0 Å². The molecule has 0 unspecified atom stereocenters. The number of hydrogen-bond donors (Lipinski definition) is 0. The molecule has 1 radical (unpaired) electrons. The van der Waals surface area contributed by atoms with Crippen molar-refractivity contribution < 1.29 is 8.78 Å². The summed E-state index contributed by atoms with van der Waals surface area (Å²) < 4.78 is 26.4. The van der Waals surface area contributed by atoms with Crippen molar-refractivity contribution in [2.24, 2.45) is 0 Å². The molecule has 0 aliphatic carbocycles. The van der Waals surface area contributed by atoms with E-state index in [9.17, 15) is 8.78 Å². The van der Waals surface area contributed by atoms with Crippen LogP contribution in [0.4, 0.5) is 8.78 Å². The lowest BCUT2D eigenvalue weighted by atomic mass is 9.77. The Bertz CT molecular complexity index is 345. The van der Waals surface area contributed by atoms with Crippen molar-refractivity contribution in [2.75, 3.05) is 0 Å². The zero-order valence-corrected chi connectivity index (χ0v) is 10.2. The highest BCUT2D eigenvalue weighted by Gasteiger charge is 2.17. The van der Waals surface area contributed by atoms with Crippen LogP contribution in [0.15, 0.2) is 18.2 Å². The first-order valence-electron chi connectivity index (χ1n) is 5.49. The largest absolute Gasteiger partial charge is 0.338 e. The van der Waals surface area contributed by atoms with E-state index in [1.54, 1.807) is 7.41 Å². The number of nitrogens with zero attached hydrogens (tertiary/aromatic N) is 1. The molecule has 0 aliphatic rings. The summed E-state index contributed by atoms with van der Waals surface area (Å²) in [6.07, 6.45) is 0. The van der Waals surface area contributed by atoms with Crippen molar-refractivity contribution in [3.05, 3.63) is 29.8 Å². The summed E-state index contributed by atoms with van der Waals surface area (Å²) in [7, 11) is 1.67. The Morgan fingerprint density at radius 2 is 1.62 bits per heavy atom. The highest BCUT2D eigenvalue weighted by Crippen LogP contribution is 2.05. The molecule has 0 aromatic heterocycles. The van der Waals surface area contributed by atoms with Crippen LogP contribution in [0.25, 0.3) is 0 Å². The molecule has 87 valence electrons. The highest BCUT2D eigenvalue weighted by molar-refractivity contribution is 6.50. The molecule has 0 N–H and O–H groups in total. The van der Waals surface area contributed by atoms with E-state index < -0.39 is 11.6 Å². The van der Waals surface area contributed by atoms with E-state index in [4.69, 9.17) is 0 Å². The van der Waals surface area contributed by atoms with Gasteiger partial charge in [0.15, 0.2) is 0 Å². The molecule has 4 heteroatoms. The first-order valence-corrected chi connectivity index (χ1v) is 5.49. The zero-order valence-electron chi connectivity index (χ0n) is 10.2. The van der Waals surface area contributed by atoms with Gasteiger partial charge in [0.1, 0.15) is 11.6 Å². The summed E-state index contributed by atoms with van der Waals surface area (Å²) in [5, 5.41) is 0. The van der Waals surface area contributed by atoms with Gasteiger partial charge in [-0.25, -0.2) is 8.78 Å². The van der Waals surface area contributed by atoms with Crippen LogP contribution in [0, 0.1) is 11.6 Å². The summed E-state index contributed by atoms with van der Waals surface area (Å²) >= 11 is 0. The van der Waals surface area contributed by atoms with Gasteiger partial charge < -0.3 is 4.81 Å². The van der Waals surface area contributed by atoms with E-state index in [1.165, 1.54) is 6.07 Å². The Morgan fingerprint density at radius 1 is 1.06 bits per heavy atom. The van der Waals surface area contributed by atoms with Gasteiger partial charge in [0, 0.05) is 0 Å². The molecule has 0 saturated heterocycles. The van der Waals surface area contributed by atoms with Crippen molar-refractivity contribution in [3.8, 4) is 0 Å². The van der Waals surface area contributed by atoms with E-state index >= 15 is 0 Å². The summed E-state index contributed by atoms with van der Waals surface area (Å²) in [5.74, 6) is -0.812. The van der Waals surface area contributed by atoms with Gasteiger partial charge in [-0.15, -0.1) is 0 Å².